The van der Waals surface area contributed by atoms with Crippen LogP contribution in [0.25, 0.3) is 0 Å². The molecule has 2 unspecified atom stereocenters. The van der Waals surface area contributed by atoms with E-state index in [4.69, 9.17) is 24.5 Å². The number of carbonyl (C=O) groups is 2. The zero-order valence-corrected chi connectivity index (χ0v) is 24.3. The van der Waals surface area contributed by atoms with Gasteiger partial charge in [-0.25, -0.2) is 23.0 Å². The van der Waals surface area contributed by atoms with Crippen molar-refractivity contribution in [3.63, 3.8) is 0 Å². The van der Waals surface area contributed by atoms with E-state index in [0.29, 0.717) is 19.6 Å². The quantitative estimate of drug-likeness (QED) is 0.384. The van der Waals surface area contributed by atoms with Gasteiger partial charge >= 0.3 is 24.3 Å². The van der Waals surface area contributed by atoms with Crippen LogP contribution in [0.5, 0.6) is 5.88 Å². The molecule has 0 radical (unpaired) electrons. The molecule has 10 nitrogen and oxygen atoms in total. The number of likely N-dealkylation sites (tertiary alicyclic amines) is 1. The Balaban J connectivity index is 0.000000317. The summed E-state index contributed by atoms with van der Waals surface area (Å²) >= 11 is 1.78. The highest BCUT2D eigenvalue weighted by molar-refractivity contribution is 7.89. The van der Waals surface area contributed by atoms with Gasteiger partial charge in [0, 0.05) is 42.1 Å². The van der Waals surface area contributed by atoms with Crippen LogP contribution in [0, 0.1) is 6.92 Å². The average molecular weight is 670 g/mol. The Morgan fingerprint density at radius 2 is 1.52 bits per heavy atom. The van der Waals surface area contributed by atoms with Crippen LogP contribution in [-0.4, -0.2) is 82.3 Å². The molecule has 1 saturated heterocycles. The first-order valence-corrected chi connectivity index (χ1v) is 14.7. The number of pyridine rings is 1. The lowest BCUT2D eigenvalue weighted by Crippen LogP contribution is -2.46. The van der Waals surface area contributed by atoms with E-state index in [1.807, 2.05) is 30.3 Å². The number of hydrogen-bond donors (Lipinski definition) is 2. The summed E-state index contributed by atoms with van der Waals surface area (Å²) in [5, 5.41) is 14.2. The number of thiophene rings is 1. The number of alkyl halides is 6. The van der Waals surface area contributed by atoms with E-state index in [1.54, 1.807) is 34.0 Å². The summed E-state index contributed by atoms with van der Waals surface area (Å²) in [5.41, 5.74) is 0.958. The van der Waals surface area contributed by atoms with Gasteiger partial charge in [0.2, 0.25) is 15.9 Å². The zero-order valence-electron chi connectivity index (χ0n) is 22.6. The molecule has 2 aliphatic heterocycles. The predicted molar refractivity (Wildman–Crippen MR) is 143 cm³/mol. The molecule has 5 rings (SSSR count). The Hall–Kier alpha value is -3.74. The van der Waals surface area contributed by atoms with Gasteiger partial charge < -0.3 is 14.9 Å². The van der Waals surface area contributed by atoms with Crippen LogP contribution in [0.1, 0.15) is 15.3 Å². The number of aliphatic carboxylic acids is 2. The second-order valence-electron chi connectivity index (χ2n) is 9.38. The second-order valence-corrected chi connectivity index (χ2v) is 12.6. The van der Waals surface area contributed by atoms with E-state index in [2.05, 4.69) is 28.9 Å². The molecular formula is C26H25F6N3O7S2. The maximum atomic E-state index is 13.6. The maximum absolute atomic E-state index is 13.6. The summed E-state index contributed by atoms with van der Waals surface area (Å²) < 4.78 is 98.5. The number of carboxylic acid groups (broad SMARTS) is 2. The second kappa shape index (κ2) is 13.9. The molecule has 240 valence electrons. The molecule has 0 spiro atoms. The van der Waals surface area contributed by atoms with E-state index < -0.39 is 34.3 Å². The van der Waals surface area contributed by atoms with Crippen molar-refractivity contribution in [2.75, 3.05) is 13.1 Å². The van der Waals surface area contributed by atoms with Crippen molar-refractivity contribution in [1.29, 1.82) is 0 Å². The molecule has 2 aromatic heterocycles. The van der Waals surface area contributed by atoms with Gasteiger partial charge in [0.15, 0.2) is 0 Å². The van der Waals surface area contributed by atoms with E-state index in [0.717, 1.165) is 12.1 Å². The molecule has 44 heavy (non-hydrogen) atoms. The number of aromatic nitrogens is 1. The van der Waals surface area contributed by atoms with Gasteiger partial charge in [-0.1, -0.05) is 30.3 Å². The highest BCUT2D eigenvalue weighted by Gasteiger charge is 2.47. The van der Waals surface area contributed by atoms with Crippen molar-refractivity contribution in [2.24, 2.45) is 0 Å². The van der Waals surface area contributed by atoms with Crippen molar-refractivity contribution in [3.8, 4) is 5.88 Å². The molecular weight excluding hydrogens is 644 g/mol. The molecule has 4 heterocycles. The molecule has 2 N–H and O–H groups in total. The van der Waals surface area contributed by atoms with Crippen LogP contribution in [0.15, 0.2) is 65.7 Å². The summed E-state index contributed by atoms with van der Waals surface area (Å²) in [5.74, 6) is -5.31. The lowest BCUT2D eigenvalue weighted by molar-refractivity contribution is -0.193. The SMILES string of the molecule is Cc1ccc(CN2CC3Oc4ncccc4S(=O)(=O)N(Cc4ccccc4)C3C2)s1.O=C(O)C(F)(F)F.O=C(O)C(F)(F)F. The van der Waals surface area contributed by atoms with Gasteiger partial charge in [0.05, 0.1) is 6.04 Å². The standard InChI is InChI=1S/C22H23N3O3S2.2C2HF3O2/c1-16-9-10-18(29-16)13-24-14-19-20(15-24)28-22-21(8-5-11-23-22)30(26,27)25(19)12-17-6-3-2-4-7-17;2*3-2(4,5)1(6)7/h2-11,19-20H,12-15H2,1H3;2*(H,6,7). The van der Waals surface area contributed by atoms with Crippen LogP contribution >= 0.6 is 11.3 Å². The highest BCUT2D eigenvalue weighted by atomic mass is 32.2. The summed E-state index contributed by atoms with van der Waals surface area (Å²) in [6, 6.07) is 16.9. The third-order valence-corrected chi connectivity index (χ3v) is 8.98. The minimum Gasteiger partial charge on any atom is -0.475 e. The van der Waals surface area contributed by atoms with Gasteiger partial charge in [-0.05, 0) is 36.8 Å². The number of sulfonamides is 1. The molecule has 1 fully saturated rings. The van der Waals surface area contributed by atoms with Crippen LogP contribution in [0.3, 0.4) is 0 Å². The van der Waals surface area contributed by atoms with Gasteiger partial charge in [-0.3, -0.25) is 4.90 Å². The van der Waals surface area contributed by atoms with Crippen LogP contribution in [0.4, 0.5) is 26.3 Å². The normalized spacial score (nSPS) is 19.5. The number of hydrogen-bond acceptors (Lipinski definition) is 8. The van der Waals surface area contributed by atoms with Crippen molar-refractivity contribution in [1.82, 2.24) is 14.2 Å². The number of ether oxygens (including phenoxy) is 1. The number of carboxylic acids is 2. The average Bonchev–Trinajstić information content (AvgIpc) is 3.50. The van der Waals surface area contributed by atoms with Crippen molar-refractivity contribution >= 4 is 33.3 Å². The van der Waals surface area contributed by atoms with Gasteiger partial charge in [0.25, 0.3) is 0 Å². The Bertz CT molecular complexity index is 1530. The van der Waals surface area contributed by atoms with Crippen molar-refractivity contribution in [2.45, 2.75) is 49.4 Å². The minimum atomic E-state index is -5.08. The minimum absolute atomic E-state index is 0.149. The molecule has 3 aromatic rings. The molecule has 0 bridgehead atoms. The van der Waals surface area contributed by atoms with E-state index in [1.165, 1.54) is 9.75 Å². The third-order valence-electron chi connectivity index (χ3n) is 6.11. The number of halogens is 6. The predicted octanol–water partition coefficient (Wildman–Crippen LogP) is 4.55. The maximum Gasteiger partial charge on any atom is 0.490 e. The lowest BCUT2D eigenvalue weighted by Gasteiger charge is -2.28. The molecule has 2 atom stereocenters. The highest BCUT2D eigenvalue weighted by Crippen LogP contribution is 2.36. The first-order valence-electron chi connectivity index (χ1n) is 12.4. The lowest BCUT2D eigenvalue weighted by atomic mass is 10.1. The fourth-order valence-corrected chi connectivity index (χ4v) is 6.85. The molecule has 0 aliphatic carbocycles. The number of rotatable bonds is 4. The summed E-state index contributed by atoms with van der Waals surface area (Å²) in [7, 11) is -3.74. The number of aryl methyl sites for hydroxylation is 1. The monoisotopic (exact) mass is 669 g/mol. The Morgan fingerprint density at radius 1 is 0.932 bits per heavy atom. The summed E-state index contributed by atoms with van der Waals surface area (Å²) in [6.07, 6.45) is -8.85. The smallest absolute Gasteiger partial charge is 0.475 e. The van der Waals surface area contributed by atoms with Crippen molar-refractivity contribution < 1.29 is 59.3 Å². The molecule has 0 saturated carbocycles. The number of fused-ring (bicyclic) bond motifs is 2. The van der Waals surface area contributed by atoms with Crippen LogP contribution < -0.4 is 4.74 Å². The fraction of sp³-hybridized carbons (Fsp3) is 0.346. The van der Waals surface area contributed by atoms with E-state index >= 15 is 0 Å². The number of benzene rings is 1. The van der Waals surface area contributed by atoms with Crippen LogP contribution in [0.2, 0.25) is 0 Å². The molecule has 2 aliphatic rings. The molecule has 18 heteroatoms. The topological polar surface area (TPSA) is 137 Å². The van der Waals surface area contributed by atoms with Crippen molar-refractivity contribution in [3.05, 3.63) is 76.1 Å². The summed E-state index contributed by atoms with van der Waals surface area (Å²) in [6.45, 7) is 4.50. The number of nitrogens with zero attached hydrogens (tertiary/aromatic N) is 3. The summed E-state index contributed by atoms with van der Waals surface area (Å²) in [4.78, 5) is 27.0. The van der Waals surface area contributed by atoms with Crippen LogP contribution in [-0.2, 0) is 32.7 Å². The van der Waals surface area contributed by atoms with Gasteiger partial charge in [-0.15, -0.1) is 11.3 Å². The molecule has 1 aromatic carbocycles. The van der Waals surface area contributed by atoms with Gasteiger partial charge in [-0.2, -0.15) is 30.6 Å². The van der Waals surface area contributed by atoms with E-state index in [9.17, 15) is 34.8 Å². The molecule has 0 amide bonds. The fourth-order valence-electron chi connectivity index (χ4n) is 4.22. The third kappa shape index (κ3) is 9.13. The Morgan fingerprint density at radius 3 is 2.05 bits per heavy atom. The van der Waals surface area contributed by atoms with E-state index in [-0.39, 0.29) is 22.9 Å². The largest absolute Gasteiger partial charge is 0.490 e. The Kier molecular flexibility index (Phi) is 11.0. The first kappa shape index (κ1) is 34.7. The zero-order chi connectivity index (χ0) is 32.9. The first-order chi connectivity index (χ1) is 20.4. The van der Waals surface area contributed by atoms with Gasteiger partial charge in [0.1, 0.15) is 11.0 Å². The Labute approximate surface area is 251 Å².